The third-order valence-corrected chi connectivity index (χ3v) is 8.71. The number of hydrogen-bond acceptors (Lipinski definition) is 4. The van der Waals surface area contributed by atoms with Crippen molar-refractivity contribution >= 4 is 27.7 Å². The van der Waals surface area contributed by atoms with Crippen LogP contribution in [0.25, 0.3) is 0 Å². The van der Waals surface area contributed by atoms with E-state index in [-0.39, 0.29) is 41.7 Å². The number of halogens is 2. The molecule has 0 unspecified atom stereocenters. The summed E-state index contributed by atoms with van der Waals surface area (Å²) in [6.07, 6.45) is 1.43. The molecule has 0 saturated carbocycles. The lowest BCUT2D eigenvalue weighted by molar-refractivity contribution is -0.127. The molecule has 160 valence electrons. The molecule has 0 spiro atoms. The van der Waals surface area contributed by atoms with Gasteiger partial charge in [0.25, 0.3) is 0 Å². The van der Waals surface area contributed by atoms with Crippen LogP contribution in [-0.4, -0.2) is 37.5 Å². The Bertz CT molecular complexity index is 1050. The first-order valence-corrected chi connectivity index (χ1v) is 12.3. The summed E-state index contributed by atoms with van der Waals surface area (Å²) in [5, 5.41) is 3.02. The van der Waals surface area contributed by atoms with Crippen LogP contribution in [0, 0.1) is 17.6 Å². The first kappa shape index (κ1) is 21.3. The van der Waals surface area contributed by atoms with Crippen molar-refractivity contribution in [1.82, 2.24) is 9.62 Å². The van der Waals surface area contributed by atoms with Gasteiger partial charge in [-0.2, -0.15) is 4.31 Å². The maximum Gasteiger partial charge on any atom is 0.245 e. The van der Waals surface area contributed by atoms with Gasteiger partial charge in [-0.05, 0) is 43.0 Å². The van der Waals surface area contributed by atoms with Crippen molar-refractivity contribution in [2.45, 2.75) is 35.1 Å². The fourth-order valence-electron chi connectivity index (χ4n) is 3.98. The molecule has 1 saturated heterocycles. The maximum atomic E-state index is 14.0. The van der Waals surface area contributed by atoms with E-state index in [1.165, 1.54) is 40.3 Å². The highest BCUT2D eigenvalue weighted by Gasteiger charge is 2.34. The van der Waals surface area contributed by atoms with E-state index in [0.717, 1.165) is 17.4 Å². The third-order valence-electron chi connectivity index (χ3n) is 5.62. The summed E-state index contributed by atoms with van der Waals surface area (Å²) < 4.78 is 54.7. The number of rotatable bonds is 4. The van der Waals surface area contributed by atoms with Crippen LogP contribution in [0.2, 0.25) is 0 Å². The number of nitrogens with zero attached hydrogens (tertiary/aromatic N) is 1. The van der Waals surface area contributed by atoms with Crippen molar-refractivity contribution in [2.75, 3.05) is 18.8 Å². The van der Waals surface area contributed by atoms with Crippen LogP contribution in [0.5, 0.6) is 0 Å². The predicted octanol–water partition coefficient (Wildman–Crippen LogP) is 3.72. The average molecular weight is 453 g/mol. The molecule has 0 bridgehead atoms. The Kier molecular flexibility index (Phi) is 6.13. The summed E-state index contributed by atoms with van der Waals surface area (Å²) >= 11 is 1.45. The van der Waals surface area contributed by atoms with Crippen LogP contribution in [0.15, 0.2) is 52.3 Å². The second-order valence-electron chi connectivity index (χ2n) is 7.47. The van der Waals surface area contributed by atoms with E-state index in [2.05, 4.69) is 5.32 Å². The lowest BCUT2D eigenvalue weighted by Gasteiger charge is -2.32. The second-order valence-corrected chi connectivity index (χ2v) is 10.5. The summed E-state index contributed by atoms with van der Waals surface area (Å²) in [4.78, 5) is 13.0. The van der Waals surface area contributed by atoms with E-state index >= 15 is 0 Å². The number of hydrogen-bond donors (Lipinski definition) is 1. The molecular formula is C21H22F2N2O3S2. The smallest absolute Gasteiger partial charge is 0.245 e. The zero-order valence-corrected chi connectivity index (χ0v) is 17.8. The largest absolute Gasteiger partial charge is 0.349 e. The lowest BCUT2D eigenvalue weighted by atomic mass is 9.95. The van der Waals surface area contributed by atoms with E-state index in [4.69, 9.17) is 0 Å². The number of carbonyl (C=O) groups is 1. The van der Waals surface area contributed by atoms with Gasteiger partial charge in [-0.25, -0.2) is 17.2 Å². The van der Waals surface area contributed by atoms with Gasteiger partial charge in [-0.1, -0.05) is 24.3 Å². The molecule has 2 heterocycles. The quantitative estimate of drug-likeness (QED) is 0.768. The Hall–Kier alpha value is -1.97. The topological polar surface area (TPSA) is 66.5 Å². The Balaban J connectivity index is 1.40. The minimum Gasteiger partial charge on any atom is -0.349 e. The lowest BCUT2D eigenvalue weighted by Crippen LogP contribution is -2.44. The summed E-state index contributed by atoms with van der Waals surface area (Å²) in [7, 11) is -3.93. The molecule has 9 heteroatoms. The van der Waals surface area contributed by atoms with Crippen molar-refractivity contribution in [3.8, 4) is 0 Å². The van der Waals surface area contributed by atoms with Crippen LogP contribution in [0.4, 0.5) is 8.78 Å². The molecule has 0 aromatic heterocycles. The zero-order chi connectivity index (χ0) is 21.3. The minimum atomic E-state index is -3.93. The van der Waals surface area contributed by atoms with Gasteiger partial charge in [0.15, 0.2) is 0 Å². The van der Waals surface area contributed by atoms with E-state index < -0.39 is 15.8 Å². The molecule has 2 aliphatic heterocycles. The van der Waals surface area contributed by atoms with Crippen molar-refractivity contribution in [3.63, 3.8) is 0 Å². The Morgan fingerprint density at radius 1 is 1.00 bits per heavy atom. The molecule has 1 amide bonds. The Morgan fingerprint density at radius 2 is 1.70 bits per heavy atom. The summed E-state index contributed by atoms with van der Waals surface area (Å²) in [5.41, 5.74) is 0.791. The van der Waals surface area contributed by atoms with Crippen molar-refractivity contribution in [2.24, 2.45) is 5.92 Å². The summed E-state index contributed by atoms with van der Waals surface area (Å²) in [5.74, 6) is -0.812. The molecule has 2 aromatic carbocycles. The molecule has 1 N–H and O–H groups in total. The van der Waals surface area contributed by atoms with Crippen LogP contribution in [0.1, 0.15) is 30.9 Å². The number of fused-ring (bicyclic) bond motifs is 1. The molecule has 1 fully saturated rings. The molecular weight excluding hydrogens is 430 g/mol. The van der Waals surface area contributed by atoms with E-state index in [1.807, 2.05) is 6.07 Å². The third kappa shape index (κ3) is 4.10. The fraction of sp³-hybridized carbons (Fsp3) is 0.381. The number of piperidine rings is 1. The SMILES string of the molecule is O=C(N[C@@H]1CCSc2c(F)cccc21)C1CCN(S(=O)(=O)c2ccccc2F)CC1. The first-order valence-electron chi connectivity index (χ1n) is 9.84. The number of thioether (sulfide) groups is 1. The highest BCUT2D eigenvalue weighted by atomic mass is 32.2. The molecule has 1 atom stereocenters. The van der Waals surface area contributed by atoms with Gasteiger partial charge in [-0.3, -0.25) is 4.79 Å². The molecule has 4 rings (SSSR count). The van der Waals surface area contributed by atoms with Crippen molar-refractivity contribution in [3.05, 3.63) is 59.7 Å². The second kappa shape index (κ2) is 8.64. The Labute approximate surface area is 178 Å². The van der Waals surface area contributed by atoms with Gasteiger partial charge >= 0.3 is 0 Å². The number of nitrogens with one attached hydrogen (secondary N) is 1. The van der Waals surface area contributed by atoms with Gasteiger partial charge in [0.1, 0.15) is 16.5 Å². The minimum absolute atomic E-state index is 0.148. The van der Waals surface area contributed by atoms with E-state index in [1.54, 1.807) is 6.07 Å². The highest BCUT2D eigenvalue weighted by Crippen LogP contribution is 2.38. The average Bonchev–Trinajstić information content (AvgIpc) is 2.75. The van der Waals surface area contributed by atoms with Gasteiger partial charge in [0.05, 0.1) is 6.04 Å². The van der Waals surface area contributed by atoms with Crippen molar-refractivity contribution < 1.29 is 22.0 Å². The Morgan fingerprint density at radius 3 is 2.43 bits per heavy atom. The predicted molar refractivity (Wildman–Crippen MR) is 111 cm³/mol. The summed E-state index contributed by atoms with van der Waals surface area (Å²) in [6.45, 7) is 0.307. The molecule has 0 radical (unpaired) electrons. The normalized spacial score (nSPS) is 20.5. The van der Waals surface area contributed by atoms with E-state index in [0.29, 0.717) is 24.2 Å². The van der Waals surface area contributed by atoms with Gasteiger partial charge in [-0.15, -0.1) is 11.8 Å². The highest BCUT2D eigenvalue weighted by molar-refractivity contribution is 7.99. The fourth-order valence-corrected chi connectivity index (χ4v) is 6.65. The molecule has 2 aromatic rings. The summed E-state index contributed by atoms with van der Waals surface area (Å²) in [6, 6.07) is 9.95. The van der Waals surface area contributed by atoms with Crippen LogP contribution in [0.3, 0.4) is 0 Å². The van der Waals surface area contributed by atoms with Crippen LogP contribution >= 0.6 is 11.8 Å². The number of amides is 1. The molecule has 0 aliphatic carbocycles. The van der Waals surface area contributed by atoms with E-state index in [9.17, 15) is 22.0 Å². The van der Waals surface area contributed by atoms with Crippen molar-refractivity contribution in [1.29, 1.82) is 0 Å². The maximum absolute atomic E-state index is 14.0. The van der Waals surface area contributed by atoms with Gasteiger partial charge < -0.3 is 5.32 Å². The number of benzene rings is 2. The molecule has 30 heavy (non-hydrogen) atoms. The van der Waals surface area contributed by atoms with Crippen LogP contribution in [-0.2, 0) is 14.8 Å². The zero-order valence-electron chi connectivity index (χ0n) is 16.2. The monoisotopic (exact) mass is 452 g/mol. The van der Waals surface area contributed by atoms with Gasteiger partial charge in [0.2, 0.25) is 15.9 Å². The number of carbonyl (C=O) groups excluding carboxylic acids is 1. The van der Waals surface area contributed by atoms with Crippen LogP contribution < -0.4 is 5.32 Å². The first-order chi connectivity index (χ1) is 14.4. The number of sulfonamides is 1. The molecule has 5 nitrogen and oxygen atoms in total. The standard InChI is InChI=1S/C21H22F2N2O3S2/c22-16-5-1-2-7-19(16)30(27,28)25-11-8-14(9-12-25)21(26)24-18-10-13-29-20-15(18)4-3-6-17(20)23/h1-7,14,18H,8-13H2,(H,24,26)/t18-/m1/s1. The molecule has 2 aliphatic rings. The van der Waals surface area contributed by atoms with Gasteiger partial charge in [0, 0.05) is 29.7 Å².